The molecule has 2 fully saturated rings. The van der Waals surface area contributed by atoms with E-state index in [1.807, 2.05) is 0 Å². The number of aromatic nitrogens is 1. The van der Waals surface area contributed by atoms with Gasteiger partial charge in [0.25, 0.3) is 0 Å². The topological polar surface area (TPSA) is 88.6 Å². The Bertz CT molecular complexity index is 760. The Kier molecular flexibility index (Phi) is 6.39. The van der Waals surface area contributed by atoms with Crippen LogP contribution in [0.15, 0.2) is 18.3 Å². The lowest BCUT2D eigenvalue weighted by atomic mass is 9.81. The summed E-state index contributed by atoms with van der Waals surface area (Å²) in [6.45, 7) is -1.35. The minimum Gasteiger partial charge on any atom is -0.468 e. The first-order valence-electron chi connectivity index (χ1n) is 9.51. The minimum atomic E-state index is -4.46. The number of imide groups is 1. The molecule has 1 aromatic heterocycles. The molecule has 1 saturated heterocycles. The van der Waals surface area contributed by atoms with Crippen molar-refractivity contribution >= 4 is 17.7 Å². The number of carbonyl (C=O) groups is 3. The first-order chi connectivity index (χ1) is 13.7. The lowest BCUT2D eigenvalue weighted by molar-refractivity contribution is -0.154. The van der Waals surface area contributed by atoms with Crippen LogP contribution < -0.4 is 10.1 Å². The fourth-order valence-corrected chi connectivity index (χ4v) is 3.75. The molecule has 2 unspecified atom stereocenters. The van der Waals surface area contributed by atoms with E-state index in [0.29, 0.717) is 5.56 Å². The van der Waals surface area contributed by atoms with Gasteiger partial charge >= 0.3 is 6.18 Å². The number of hydrogen-bond acceptors (Lipinski definition) is 5. The number of nitrogens with one attached hydrogen (secondary N) is 1. The maximum Gasteiger partial charge on any atom is 0.422 e. The maximum absolute atomic E-state index is 12.4. The molecule has 1 aromatic rings. The van der Waals surface area contributed by atoms with E-state index in [2.05, 4.69) is 15.0 Å². The van der Waals surface area contributed by atoms with Crippen molar-refractivity contribution in [1.29, 1.82) is 0 Å². The minimum absolute atomic E-state index is 0.0283. The second-order valence-electron chi connectivity index (χ2n) is 7.26. The Morgan fingerprint density at radius 2 is 1.86 bits per heavy atom. The number of hydrogen-bond donors (Lipinski definition) is 1. The third-order valence-corrected chi connectivity index (χ3v) is 5.17. The quantitative estimate of drug-likeness (QED) is 0.693. The van der Waals surface area contributed by atoms with Gasteiger partial charge in [0.05, 0.1) is 11.8 Å². The van der Waals surface area contributed by atoms with Gasteiger partial charge in [-0.3, -0.25) is 19.3 Å². The summed E-state index contributed by atoms with van der Waals surface area (Å²) in [7, 11) is 0. The molecule has 158 valence electrons. The molecule has 0 radical (unpaired) electrons. The summed E-state index contributed by atoms with van der Waals surface area (Å²) in [5.74, 6) is -1.42. The average molecular weight is 413 g/mol. The number of carbonyl (C=O) groups excluding carboxylic acids is 3. The van der Waals surface area contributed by atoms with Crippen molar-refractivity contribution in [3.05, 3.63) is 23.9 Å². The van der Waals surface area contributed by atoms with E-state index >= 15 is 0 Å². The molecular formula is C19H22F3N3O4. The molecule has 10 heteroatoms. The van der Waals surface area contributed by atoms with Crippen molar-refractivity contribution < 1.29 is 32.3 Å². The predicted molar refractivity (Wildman–Crippen MR) is 94.4 cm³/mol. The van der Waals surface area contributed by atoms with E-state index < -0.39 is 12.8 Å². The number of pyridine rings is 1. The lowest BCUT2D eigenvalue weighted by Gasteiger charge is -2.19. The molecule has 2 aliphatic rings. The Labute approximate surface area is 165 Å². The van der Waals surface area contributed by atoms with Gasteiger partial charge < -0.3 is 10.1 Å². The Hall–Kier alpha value is -2.65. The van der Waals surface area contributed by atoms with E-state index in [0.717, 1.165) is 25.7 Å². The lowest BCUT2D eigenvalue weighted by Crippen LogP contribution is -2.35. The smallest absolute Gasteiger partial charge is 0.422 e. The van der Waals surface area contributed by atoms with Gasteiger partial charge in [-0.2, -0.15) is 13.2 Å². The van der Waals surface area contributed by atoms with Crippen LogP contribution in [0.1, 0.15) is 37.7 Å². The van der Waals surface area contributed by atoms with Crippen LogP contribution in [0.4, 0.5) is 13.2 Å². The van der Waals surface area contributed by atoms with Crippen molar-refractivity contribution in [3.8, 4) is 5.88 Å². The number of rotatable bonds is 7. The van der Waals surface area contributed by atoms with Gasteiger partial charge in [0.1, 0.15) is 0 Å². The molecule has 0 bridgehead atoms. The average Bonchev–Trinajstić information content (AvgIpc) is 2.93. The first kappa shape index (κ1) is 21.1. The molecule has 1 N–H and O–H groups in total. The van der Waals surface area contributed by atoms with Gasteiger partial charge in [-0.15, -0.1) is 0 Å². The largest absolute Gasteiger partial charge is 0.468 e. The third-order valence-electron chi connectivity index (χ3n) is 5.17. The van der Waals surface area contributed by atoms with E-state index in [1.54, 1.807) is 6.07 Å². The van der Waals surface area contributed by atoms with E-state index in [4.69, 9.17) is 0 Å². The van der Waals surface area contributed by atoms with Crippen molar-refractivity contribution in [2.45, 2.75) is 44.8 Å². The van der Waals surface area contributed by atoms with Crippen LogP contribution in [-0.2, 0) is 20.9 Å². The second kappa shape index (κ2) is 8.79. The predicted octanol–water partition coefficient (Wildman–Crippen LogP) is 2.20. The number of alkyl halides is 3. The number of fused-ring (bicyclic) bond motifs is 1. The van der Waals surface area contributed by atoms with Gasteiger partial charge in [0, 0.05) is 31.8 Å². The molecule has 3 rings (SSSR count). The Balaban J connectivity index is 1.46. The normalized spacial score (nSPS) is 21.8. The molecule has 0 spiro atoms. The van der Waals surface area contributed by atoms with Crippen LogP contribution in [0.25, 0.3) is 0 Å². The van der Waals surface area contributed by atoms with Gasteiger partial charge in [0.2, 0.25) is 23.6 Å². The summed E-state index contributed by atoms with van der Waals surface area (Å²) >= 11 is 0. The number of nitrogens with zero attached hydrogens (tertiary/aromatic N) is 2. The molecule has 29 heavy (non-hydrogen) atoms. The van der Waals surface area contributed by atoms with Crippen molar-refractivity contribution in [2.24, 2.45) is 11.8 Å². The molecule has 1 saturated carbocycles. The molecule has 3 amide bonds. The summed E-state index contributed by atoms with van der Waals surface area (Å²) in [5, 5.41) is 2.62. The van der Waals surface area contributed by atoms with Gasteiger partial charge in [0.15, 0.2) is 6.61 Å². The van der Waals surface area contributed by atoms with E-state index in [9.17, 15) is 27.6 Å². The highest BCUT2D eigenvalue weighted by Gasteiger charge is 2.47. The number of halogens is 3. The molecule has 1 aliphatic heterocycles. The maximum atomic E-state index is 12.4. The Morgan fingerprint density at radius 1 is 1.21 bits per heavy atom. The number of ether oxygens (including phenoxy) is 1. The zero-order valence-corrected chi connectivity index (χ0v) is 15.7. The molecular weight excluding hydrogens is 391 g/mol. The summed E-state index contributed by atoms with van der Waals surface area (Å²) in [5.41, 5.74) is 0.518. The monoisotopic (exact) mass is 413 g/mol. The van der Waals surface area contributed by atoms with Crippen molar-refractivity contribution in [3.63, 3.8) is 0 Å². The SMILES string of the molecule is O=C(CCN1C(=O)C2CCCCC2C1=O)NCc1ccnc(OCC(F)(F)F)c1. The number of likely N-dealkylation sites (tertiary alicyclic amines) is 1. The summed E-state index contributed by atoms with van der Waals surface area (Å²) < 4.78 is 41.2. The van der Waals surface area contributed by atoms with Crippen LogP contribution in [0.2, 0.25) is 0 Å². The second-order valence-corrected chi connectivity index (χ2v) is 7.26. The molecule has 2 heterocycles. The van der Waals surface area contributed by atoms with Gasteiger partial charge in [-0.1, -0.05) is 12.8 Å². The van der Waals surface area contributed by atoms with Crippen LogP contribution >= 0.6 is 0 Å². The van der Waals surface area contributed by atoms with Crippen LogP contribution in [0.3, 0.4) is 0 Å². The fraction of sp³-hybridized carbons (Fsp3) is 0.579. The highest BCUT2D eigenvalue weighted by atomic mass is 19.4. The van der Waals surface area contributed by atoms with E-state index in [-0.39, 0.29) is 54.9 Å². The molecule has 2 atom stereocenters. The highest BCUT2D eigenvalue weighted by molar-refractivity contribution is 6.05. The van der Waals surface area contributed by atoms with E-state index in [1.165, 1.54) is 17.2 Å². The zero-order valence-electron chi connectivity index (χ0n) is 15.7. The van der Waals surface area contributed by atoms with Crippen molar-refractivity contribution in [2.75, 3.05) is 13.2 Å². The molecule has 7 nitrogen and oxygen atoms in total. The van der Waals surface area contributed by atoms with Crippen LogP contribution in [-0.4, -0.2) is 46.9 Å². The number of amides is 3. The third kappa shape index (κ3) is 5.45. The summed E-state index contributed by atoms with van der Waals surface area (Å²) in [6, 6.07) is 2.85. The van der Waals surface area contributed by atoms with Gasteiger partial charge in [-0.25, -0.2) is 4.98 Å². The molecule has 0 aromatic carbocycles. The molecule has 1 aliphatic carbocycles. The summed E-state index contributed by atoms with van der Waals surface area (Å²) in [6.07, 6.45) is 0.117. The van der Waals surface area contributed by atoms with Gasteiger partial charge in [-0.05, 0) is 24.5 Å². The standard InChI is InChI=1S/C19H22F3N3O4/c20-19(21,22)11-29-16-9-12(5-7-23-16)10-24-15(26)6-8-25-17(27)13-3-1-2-4-14(13)18(25)28/h5,7,9,13-14H,1-4,6,8,10-11H2,(H,24,26). The first-order valence-corrected chi connectivity index (χ1v) is 9.51. The highest BCUT2D eigenvalue weighted by Crippen LogP contribution is 2.37. The van der Waals surface area contributed by atoms with Crippen LogP contribution in [0, 0.1) is 11.8 Å². The zero-order chi connectivity index (χ0) is 21.0. The van der Waals surface area contributed by atoms with Crippen molar-refractivity contribution in [1.82, 2.24) is 15.2 Å². The fourth-order valence-electron chi connectivity index (χ4n) is 3.75. The summed E-state index contributed by atoms with van der Waals surface area (Å²) in [4.78, 5) is 41.7. The van der Waals surface area contributed by atoms with Crippen LogP contribution in [0.5, 0.6) is 5.88 Å². The Morgan fingerprint density at radius 3 is 2.48 bits per heavy atom.